The Kier molecular flexibility index (Phi) is 7.68. The summed E-state index contributed by atoms with van der Waals surface area (Å²) in [6.45, 7) is -1.91. The van der Waals surface area contributed by atoms with Crippen molar-refractivity contribution in [2.24, 2.45) is 0 Å². The number of alkyl halides is 2. The summed E-state index contributed by atoms with van der Waals surface area (Å²) in [7, 11) is -5.72. The molecule has 13 heteroatoms. The normalized spacial score (nSPS) is 12.2. The minimum atomic E-state index is -5.72. The zero-order valence-corrected chi connectivity index (χ0v) is 17.3. The summed E-state index contributed by atoms with van der Waals surface area (Å²) in [5.74, 6) is -2.36. The third-order valence-electron chi connectivity index (χ3n) is 2.28. The molecule has 1 rings (SSSR count). The van der Waals surface area contributed by atoms with Gasteiger partial charge < -0.3 is 9.47 Å². The van der Waals surface area contributed by atoms with E-state index in [0.717, 1.165) is 0 Å². The van der Waals surface area contributed by atoms with Gasteiger partial charge in [0.25, 0.3) is 0 Å². The molecule has 0 saturated carbocycles. The van der Waals surface area contributed by atoms with E-state index in [1.807, 2.05) is 0 Å². The molecule has 0 unspecified atom stereocenters. The SMILES string of the molecule is O=C(/C=C/C(=O)Oc1c(Br)cc(Br)cc1Br)OCC(F)(F)S(=O)(=O)O. The fourth-order valence-electron chi connectivity index (χ4n) is 1.17. The van der Waals surface area contributed by atoms with Gasteiger partial charge in [0.05, 0.1) is 8.95 Å². The van der Waals surface area contributed by atoms with E-state index in [1.54, 1.807) is 12.1 Å². The third kappa shape index (κ3) is 6.73. The third-order valence-corrected chi connectivity index (χ3v) is 4.79. The van der Waals surface area contributed by atoms with E-state index < -0.39 is 33.9 Å². The topological polar surface area (TPSA) is 107 Å². The van der Waals surface area contributed by atoms with Crippen LogP contribution in [0.3, 0.4) is 0 Å². The van der Waals surface area contributed by atoms with E-state index in [0.29, 0.717) is 25.6 Å². The van der Waals surface area contributed by atoms with Gasteiger partial charge in [0.2, 0.25) is 0 Å². The van der Waals surface area contributed by atoms with Gasteiger partial charge in [0, 0.05) is 16.6 Å². The van der Waals surface area contributed by atoms with Gasteiger partial charge in [0.15, 0.2) is 12.4 Å². The first-order valence-corrected chi connectivity index (χ1v) is 9.71. The second-order valence-corrected chi connectivity index (χ2v) is 8.34. The summed E-state index contributed by atoms with van der Waals surface area (Å²) in [4.78, 5) is 22.8. The number of hydrogen-bond acceptors (Lipinski definition) is 6. The maximum absolute atomic E-state index is 12.9. The lowest BCUT2D eigenvalue weighted by atomic mass is 10.3. The molecule has 0 fully saturated rings. The molecule has 0 radical (unpaired) electrons. The predicted molar refractivity (Wildman–Crippen MR) is 91.8 cm³/mol. The molecule has 7 nitrogen and oxygen atoms in total. The quantitative estimate of drug-likeness (QED) is 0.241. The smallest absolute Gasteiger partial charge is 0.402 e. The molecular formula is C12H7Br3F2O7S. The van der Waals surface area contributed by atoms with Crippen LogP contribution in [0, 0.1) is 0 Å². The molecule has 0 heterocycles. The van der Waals surface area contributed by atoms with Crippen LogP contribution in [0.2, 0.25) is 0 Å². The van der Waals surface area contributed by atoms with E-state index >= 15 is 0 Å². The van der Waals surface area contributed by atoms with Crippen LogP contribution in [0.25, 0.3) is 0 Å². The number of hydrogen-bond donors (Lipinski definition) is 1. The number of halogens is 5. The Morgan fingerprint density at radius 2 is 1.60 bits per heavy atom. The van der Waals surface area contributed by atoms with Crippen LogP contribution in [0.5, 0.6) is 5.75 Å². The van der Waals surface area contributed by atoms with Crippen molar-refractivity contribution in [3.05, 3.63) is 37.7 Å². The molecule has 1 N–H and O–H groups in total. The van der Waals surface area contributed by atoms with Crippen LogP contribution in [-0.4, -0.2) is 36.8 Å². The summed E-state index contributed by atoms with van der Waals surface area (Å²) in [6.07, 6.45) is 1.05. The molecule has 1 aromatic rings. The molecular weight excluding hydrogens is 566 g/mol. The average Bonchev–Trinajstić information content (AvgIpc) is 2.45. The highest BCUT2D eigenvalue weighted by molar-refractivity contribution is 9.11. The summed E-state index contributed by atoms with van der Waals surface area (Å²) < 4.78 is 65.0. The Balaban J connectivity index is 2.67. The molecule has 0 aliphatic heterocycles. The second-order valence-electron chi connectivity index (χ2n) is 4.17. The highest BCUT2D eigenvalue weighted by atomic mass is 79.9. The zero-order chi connectivity index (χ0) is 19.4. The Bertz CT molecular complexity index is 801. The van der Waals surface area contributed by atoms with Crippen LogP contribution < -0.4 is 4.74 Å². The molecule has 1 aromatic carbocycles. The first kappa shape index (κ1) is 22.2. The van der Waals surface area contributed by atoms with E-state index in [1.165, 1.54) is 0 Å². The predicted octanol–water partition coefficient (Wildman–Crippen LogP) is 3.46. The number of rotatable bonds is 6. The fourth-order valence-corrected chi connectivity index (χ4v) is 3.80. The fraction of sp³-hybridized carbons (Fsp3) is 0.167. The van der Waals surface area contributed by atoms with Gasteiger partial charge in [-0.3, -0.25) is 4.55 Å². The van der Waals surface area contributed by atoms with Gasteiger partial charge in [-0.2, -0.15) is 17.2 Å². The van der Waals surface area contributed by atoms with Crippen molar-refractivity contribution in [3.63, 3.8) is 0 Å². The van der Waals surface area contributed by atoms with E-state index in [9.17, 15) is 26.8 Å². The van der Waals surface area contributed by atoms with Crippen LogP contribution in [0.15, 0.2) is 37.7 Å². The van der Waals surface area contributed by atoms with Crippen LogP contribution in [0.1, 0.15) is 0 Å². The highest BCUT2D eigenvalue weighted by Crippen LogP contribution is 2.36. The maximum Gasteiger partial charge on any atom is 0.402 e. The van der Waals surface area contributed by atoms with Gasteiger partial charge >= 0.3 is 27.3 Å². The molecule has 0 spiro atoms. The number of carbonyl (C=O) groups excluding carboxylic acids is 2. The lowest BCUT2D eigenvalue weighted by molar-refractivity contribution is -0.144. The van der Waals surface area contributed by atoms with Gasteiger partial charge in [-0.1, -0.05) is 15.9 Å². The van der Waals surface area contributed by atoms with Crippen molar-refractivity contribution in [1.29, 1.82) is 0 Å². The first-order valence-electron chi connectivity index (χ1n) is 5.89. The largest absolute Gasteiger partial charge is 0.455 e. The van der Waals surface area contributed by atoms with Crippen LogP contribution in [0.4, 0.5) is 8.78 Å². The number of benzene rings is 1. The maximum atomic E-state index is 12.9. The standard InChI is InChI=1S/C12H7Br3F2O7S/c13-6-3-7(14)11(8(15)4-6)24-10(19)2-1-9(18)23-5-12(16,17)25(20,21)22/h1-4H,5H2,(H,20,21,22)/b2-1+. The van der Waals surface area contributed by atoms with Gasteiger partial charge in [-0.15, -0.1) is 0 Å². The van der Waals surface area contributed by atoms with Gasteiger partial charge in [0.1, 0.15) is 0 Å². The Hall–Kier alpha value is -0.890. The van der Waals surface area contributed by atoms with Crippen molar-refractivity contribution in [1.82, 2.24) is 0 Å². The van der Waals surface area contributed by atoms with Crippen molar-refractivity contribution in [2.75, 3.05) is 6.61 Å². The van der Waals surface area contributed by atoms with Crippen LogP contribution in [-0.2, 0) is 24.4 Å². The monoisotopic (exact) mass is 570 g/mol. The van der Waals surface area contributed by atoms with Crippen LogP contribution >= 0.6 is 47.8 Å². The summed E-state index contributed by atoms with van der Waals surface area (Å²) in [5.41, 5.74) is 0. The Morgan fingerprint density at radius 1 is 1.12 bits per heavy atom. The van der Waals surface area contributed by atoms with Crippen molar-refractivity contribution < 1.29 is 40.8 Å². The number of carbonyl (C=O) groups is 2. The summed E-state index contributed by atoms with van der Waals surface area (Å²) in [6, 6.07) is 3.17. The molecule has 25 heavy (non-hydrogen) atoms. The van der Waals surface area contributed by atoms with E-state index in [2.05, 4.69) is 52.5 Å². The first-order chi connectivity index (χ1) is 11.3. The Morgan fingerprint density at radius 3 is 2.08 bits per heavy atom. The molecule has 0 aliphatic rings. The molecule has 0 saturated heterocycles. The van der Waals surface area contributed by atoms with Crippen molar-refractivity contribution in [2.45, 2.75) is 5.25 Å². The molecule has 0 aromatic heterocycles. The molecule has 0 atom stereocenters. The molecule has 0 amide bonds. The summed E-state index contributed by atoms with van der Waals surface area (Å²) >= 11 is 9.52. The molecule has 0 aliphatic carbocycles. The van der Waals surface area contributed by atoms with Crippen molar-refractivity contribution >= 4 is 69.8 Å². The Labute approximate surface area is 165 Å². The number of esters is 2. The summed E-state index contributed by atoms with van der Waals surface area (Å²) in [5, 5.41) is -4.66. The zero-order valence-electron chi connectivity index (χ0n) is 11.7. The molecule has 0 bridgehead atoms. The van der Waals surface area contributed by atoms with Gasteiger partial charge in [-0.05, 0) is 44.0 Å². The lowest BCUT2D eigenvalue weighted by Crippen LogP contribution is -2.34. The highest BCUT2D eigenvalue weighted by Gasteiger charge is 2.45. The van der Waals surface area contributed by atoms with Crippen molar-refractivity contribution in [3.8, 4) is 5.75 Å². The minimum absolute atomic E-state index is 0.101. The second kappa shape index (κ2) is 8.66. The lowest BCUT2D eigenvalue weighted by Gasteiger charge is -2.11. The van der Waals surface area contributed by atoms with Gasteiger partial charge in [-0.25, -0.2) is 9.59 Å². The minimum Gasteiger partial charge on any atom is -0.455 e. The van der Waals surface area contributed by atoms with E-state index in [4.69, 9.17) is 9.29 Å². The number of ether oxygens (including phenoxy) is 2. The molecule has 138 valence electrons. The average molecular weight is 573 g/mol. The van der Waals surface area contributed by atoms with E-state index in [-0.39, 0.29) is 5.75 Å².